The lowest BCUT2D eigenvalue weighted by Crippen LogP contribution is -2.32. The Morgan fingerprint density at radius 1 is 1.11 bits per heavy atom. The van der Waals surface area contributed by atoms with Gasteiger partial charge in [-0.05, 0) is 67.5 Å². The third-order valence-corrected chi connectivity index (χ3v) is 7.13. The maximum atomic E-state index is 14.6. The quantitative estimate of drug-likeness (QED) is 0.273. The lowest BCUT2D eigenvalue weighted by atomic mass is 9.86. The van der Waals surface area contributed by atoms with Gasteiger partial charge in [-0.1, -0.05) is 23.7 Å². The average molecular weight is 541 g/mol. The van der Waals surface area contributed by atoms with Crippen molar-refractivity contribution in [3.8, 4) is 11.5 Å². The van der Waals surface area contributed by atoms with Crippen molar-refractivity contribution < 1.29 is 23.0 Å². The number of amides is 1. The van der Waals surface area contributed by atoms with Crippen LogP contribution in [0.15, 0.2) is 54.9 Å². The minimum Gasteiger partial charge on any atom is -0.497 e. The normalized spacial score (nSPS) is 17.4. The van der Waals surface area contributed by atoms with Crippen LogP contribution in [0.5, 0.6) is 11.5 Å². The zero-order valence-corrected chi connectivity index (χ0v) is 21.5. The molecule has 0 bridgehead atoms. The predicted octanol–water partition coefficient (Wildman–Crippen LogP) is 6.11. The van der Waals surface area contributed by atoms with Crippen molar-refractivity contribution in [2.45, 2.75) is 38.3 Å². The van der Waals surface area contributed by atoms with E-state index in [-0.39, 0.29) is 24.1 Å². The minimum absolute atomic E-state index is 0.0226. The summed E-state index contributed by atoms with van der Waals surface area (Å²) >= 11 is 5.97. The van der Waals surface area contributed by atoms with Crippen molar-refractivity contribution in [1.29, 1.82) is 0 Å². The number of methoxy groups -OCH3 is 1. The van der Waals surface area contributed by atoms with Gasteiger partial charge >= 0.3 is 0 Å². The van der Waals surface area contributed by atoms with E-state index in [0.29, 0.717) is 17.4 Å². The molecule has 2 aromatic heterocycles. The number of nitrogens with zero attached hydrogens (tertiary/aromatic N) is 3. The number of halogens is 3. The van der Waals surface area contributed by atoms with Gasteiger partial charge in [-0.3, -0.25) is 9.48 Å². The first-order chi connectivity index (χ1) is 18.4. The van der Waals surface area contributed by atoms with Gasteiger partial charge in [0.25, 0.3) is 5.91 Å². The Morgan fingerprint density at radius 3 is 2.50 bits per heavy atom. The summed E-state index contributed by atoms with van der Waals surface area (Å²) in [7, 11) is 1.55. The molecule has 2 aromatic carbocycles. The molecular weight excluding hydrogens is 514 g/mol. The summed E-state index contributed by atoms with van der Waals surface area (Å²) in [6, 6.07) is 11.0. The number of hydrogen-bond donors (Lipinski definition) is 1. The van der Waals surface area contributed by atoms with Crippen LogP contribution in [0.25, 0.3) is 10.9 Å². The molecule has 1 aliphatic carbocycles. The van der Waals surface area contributed by atoms with Gasteiger partial charge in [0.05, 0.1) is 19.3 Å². The Balaban J connectivity index is 1.12. The SMILES string of the molecule is COc1ccc(COc2c(F)cc(C(=O)NC[C@H]3CC[C@H](n4cc5cc(Cl)ncc5n4)CC3)cc2F)cc1. The smallest absolute Gasteiger partial charge is 0.251 e. The number of hydrogen-bond acceptors (Lipinski definition) is 5. The first-order valence-electron chi connectivity index (χ1n) is 12.4. The van der Waals surface area contributed by atoms with Crippen LogP contribution < -0.4 is 14.8 Å². The number of fused-ring (bicyclic) bond motifs is 1. The number of carbonyl (C=O) groups is 1. The van der Waals surface area contributed by atoms with Crippen LogP contribution >= 0.6 is 11.6 Å². The molecule has 38 heavy (non-hydrogen) atoms. The molecule has 1 N–H and O–H groups in total. The van der Waals surface area contributed by atoms with Crippen LogP contribution in [0.4, 0.5) is 8.78 Å². The molecule has 0 aliphatic heterocycles. The Kier molecular flexibility index (Phi) is 7.74. The minimum atomic E-state index is -0.924. The van der Waals surface area contributed by atoms with Gasteiger partial charge in [-0.15, -0.1) is 0 Å². The maximum Gasteiger partial charge on any atom is 0.251 e. The molecule has 1 fully saturated rings. The highest BCUT2D eigenvalue weighted by Gasteiger charge is 2.24. The fraction of sp³-hybridized carbons (Fsp3) is 0.321. The first kappa shape index (κ1) is 25.9. The molecule has 0 atom stereocenters. The summed E-state index contributed by atoms with van der Waals surface area (Å²) in [4.78, 5) is 16.7. The van der Waals surface area contributed by atoms with E-state index in [0.717, 1.165) is 54.3 Å². The van der Waals surface area contributed by atoms with Crippen LogP contribution in [-0.4, -0.2) is 34.3 Å². The predicted molar refractivity (Wildman–Crippen MR) is 140 cm³/mol. The van der Waals surface area contributed by atoms with Gasteiger partial charge in [0.2, 0.25) is 0 Å². The summed E-state index contributed by atoms with van der Waals surface area (Å²) in [6.07, 6.45) is 7.30. The van der Waals surface area contributed by atoms with Crippen molar-refractivity contribution in [3.63, 3.8) is 0 Å². The molecule has 1 amide bonds. The molecule has 1 saturated carbocycles. The van der Waals surface area contributed by atoms with E-state index < -0.39 is 23.3 Å². The van der Waals surface area contributed by atoms with E-state index in [9.17, 15) is 13.6 Å². The molecule has 5 rings (SSSR count). The number of pyridine rings is 1. The molecule has 198 valence electrons. The van der Waals surface area contributed by atoms with Crippen LogP contribution in [0.2, 0.25) is 5.15 Å². The molecule has 4 aromatic rings. The lowest BCUT2D eigenvalue weighted by Gasteiger charge is -2.28. The van der Waals surface area contributed by atoms with E-state index in [1.54, 1.807) is 43.6 Å². The highest BCUT2D eigenvalue weighted by molar-refractivity contribution is 6.30. The van der Waals surface area contributed by atoms with Gasteiger partial charge in [-0.2, -0.15) is 5.10 Å². The highest BCUT2D eigenvalue weighted by atomic mass is 35.5. The van der Waals surface area contributed by atoms with Gasteiger partial charge in [0.15, 0.2) is 17.4 Å². The first-order valence-corrected chi connectivity index (χ1v) is 12.8. The third-order valence-electron chi connectivity index (χ3n) is 6.92. The fourth-order valence-electron chi connectivity index (χ4n) is 4.77. The van der Waals surface area contributed by atoms with Crippen molar-refractivity contribution in [3.05, 3.63) is 82.8 Å². The average Bonchev–Trinajstić information content (AvgIpc) is 3.35. The molecule has 2 heterocycles. The van der Waals surface area contributed by atoms with Crippen molar-refractivity contribution in [1.82, 2.24) is 20.1 Å². The molecular formula is C28H27ClF2N4O3. The second kappa shape index (κ2) is 11.3. The van der Waals surface area contributed by atoms with Gasteiger partial charge in [0.1, 0.15) is 23.0 Å². The van der Waals surface area contributed by atoms with Gasteiger partial charge in [-0.25, -0.2) is 13.8 Å². The van der Waals surface area contributed by atoms with Crippen molar-refractivity contribution in [2.75, 3.05) is 13.7 Å². The van der Waals surface area contributed by atoms with Crippen LogP contribution in [0.3, 0.4) is 0 Å². The summed E-state index contributed by atoms with van der Waals surface area (Å²) in [5.41, 5.74) is 1.45. The Morgan fingerprint density at radius 2 is 1.82 bits per heavy atom. The van der Waals surface area contributed by atoms with E-state index in [1.807, 2.05) is 10.9 Å². The molecule has 10 heteroatoms. The summed E-state index contributed by atoms with van der Waals surface area (Å²) in [6.45, 7) is 0.413. The largest absolute Gasteiger partial charge is 0.497 e. The number of nitrogens with one attached hydrogen (secondary N) is 1. The molecule has 0 spiro atoms. The number of aromatic nitrogens is 3. The second-order valence-corrected chi connectivity index (χ2v) is 9.85. The van der Waals surface area contributed by atoms with E-state index in [2.05, 4.69) is 15.4 Å². The second-order valence-electron chi connectivity index (χ2n) is 9.47. The lowest BCUT2D eigenvalue weighted by molar-refractivity contribution is 0.0940. The summed E-state index contributed by atoms with van der Waals surface area (Å²) < 4.78 is 41.6. The van der Waals surface area contributed by atoms with Crippen molar-refractivity contribution in [2.24, 2.45) is 5.92 Å². The highest BCUT2D eigenvalue weighted by Crippen LogP contribution is 2.33. The number of ether oxygens (including phenoxy) is 2. The maximum absolute atomic E-state index is 14.6. The Hall–Kier alpha value is -3.72. The van der Waals surface area contributed by atoms with E-state index in [4.69, 9.17) is 21.1 Å². The Bertz CT molecular complexity index is 1410. The standard InChI is InChI=1S/C28H27ClF2N4O3/c1-37-22-8-4-18(5-9-22)16-38-27-23(30)10-19(11-24(27)31)28(36)33-13-17-2-6-21(7-3-17)35-15-20-12-26(29)32-14-25(20)34-35/h4-5,8-12,14-15,17,21H,2-3,6-7,13,16H2,1H3,(H,33,36)/t17-,21-. The molecule has 0 saturated heterocycles. The number of carbonyl (C=O) groups excluding carboxylic acids is 1. The molecule has 0 radical (unpaired) electrons. The van der Waals surface area contributed by atoms with Crippen LogP contribution in [0, 0.1) is 17.6 Å². The monoisotopic (exact) mass is 540 g/mol. The third kappa shape index (κ3) is 5.88. The van der Waals surface area contributed by atoms with Crippen molar-refractivity contribution >= 4 is 28.4 Å². The molecule has 7 nitrogen and oxygen atoms in total. The van der Waals surface area contributed by atoms with Gasteiger partial charge < -0.3 is 14.8 Å². The number of benzene rings is 2. The van der Waals surface area contributed by atoms with Gasteiger partial charge in [0, 0.05) is 23.7 Å². The van der Waals surface area contributed by atoms with Crippen LogP contribution in [-0.2, 0) is 6.61 Å². The number of rotatable bonds is 8. The Labute approximate surface area is 223 Å². The zero-order valence-electron chi connectivity index (χ0n) is 20.8. The summed E-state index contributed by atoms with van der Waals surface area (Å²) in [5.74, 6) is -1.93. The van der Waals surface area contributed by atoms with E-state index >= 15 is 0 Å². The molecule has 0 unspecified atom stereocenters. The topological polar surface area (TPSA) is 78.3 Å². The summed E-state index contributed by atoms with van der Waals surface area (Å²) in [5, 5.41) is 8.83. The fourth-order valence-corrected chi connectivity index (χ4v) is 4.93. The zero-order chi connectivity index (χ0) is 26.6. The van der Waals surface area contributed by atoms with E-state index in [1.165, 1.54) is 0 Å². The molecule has 1 aliphatic rings. The van der Waals surface area contributed by atoms with Crippen LogP contribution in [0.1, 0.15) is 47.6 Å².